The summed E-state index contributed by atoms with van der Waals surface area (Å²) >= 11 is 0. The van der Waals surface area contributed by atoms with Crippen molar-refractivity contribution >= 4 is 5.91 Å². The monoisotopic (exact) mass is 209 g/mol. The Balaban J connectivity index is 1.90. The number of carbonyl (C=O) groups is 1. The van der Waals surface area contributed by atoms with Gasteiger partial charge in [0.05, 0.1) is 5.69 Å². The maximum absolute atomic E-state index is 11.0. The number of carbonyl (C=O) groups excluding carboxylic acids is 1. The minimum atomic E-state index is 0.117. The third-order valence-corrected chi connectivity index (χ3v) is 2.73. The second-order valence-corrected chi connectivity index (χ2v) is 3.89. The Morgan fingerprint density at radius 1 is 1.60 bits per heavy atom. The van der Waals surface area contributed by atoms with Crippen LogP contribution < -0.4 is 10.6 Å². The van der Waals surface area contributed by atoms with E-state index in [0.29, 0.717) is 19.5 Å². The summed E-state index contributed by atoms with van der Waals surface area (Å²) < 4.78 is 5.06. The second-order valence-electron chi connectivity index (χ2n) is 3.89. The molecular weight excluding hydrogens is 194 g/mol. The Kier molecular flexibility index (Phi) is 2.73. The molecule has 0 spiro atoms. The van der Waals surface area contributed by atoms with Gasteiger partial charge in [0.15, 0.2) is 0 Å². The lowest BCUT2D eigenvalue weighted by atomic mass is 10.2. The molecule has 1 atom stereocenters. The summed E-state index contributed by atoms with van der Waals surface area (Å²) in [5.74, 6) is 0.962. The number of aryl methyl sites for hydroxylation is 2. The Bertz CT molecular complexity index is 353. The van der Waals surface area contributed by atoms with E-state index < -0.39 is 0 Å². The lowest BCUT2D eigenvalue weighted by Gasteiger charge is -2.09. The molecule has 15 heavy (non-hydrogen) atoms. The second kappa shape index (κ2) is 4.02. The number of nitrogens with one attached hydrogen (secondary N) is 2. The van der Waals surface area contributed by atoms with Crippen LogP contribution in [0, 0.1) is 13.8 Å². The van der Waals surface area contributed by atoms with Crippen LogP contribution in [-0.4, -0.2) is 23.7 Å². The van der Waals surface area contributed by atoms with Crippen LogP contribution in [0.5, 0.6) is 0 Å². The molecule has 1 aromatic heterocycles. The summed E-state index contributed by atoms with van der Waals surface area (Å²) in [4.78, 5) is 11.0. The highest BCUT2D eigenvalue weighted by Crippen LogP contribution is 2.12. The van der Waals surface area contributed by atoms with Crippen LogP contribution in [0.1, 0.15) is 23.4 Å². The van der Waals surface area contributed by atoms with Crippen molar-refractivity contribution in [3.05, 3.63) is 17.0 Å². The standard InChI is InChI=1S/C10H15N3O2/c1-6-9(7(2)15-13-6)5-11-8-3-10(14)12-4-8/h8,11H,3-5H2,1-2H3,(H,12,14). The van der Waals surface area contributed by atoms with Crippen molar-refractivity contribution in [1.82, 2.24) is 15.8 Å². The predicted molar refractivity (Wildman–Crippen MR) is 54.2 cm³/mol. The largest absolute Gasteiger partial charge is 0.361 e. The zero-order chi connectivity index (χ0) is 10.8. The van der Waals surface area contributed by atoms with Gasteiger partial charge >= 0.3 is 0 Å². The van der Waals surface area contributed by atoms with Gasteiger partial charge in [-0.05, 0) is 13.8 Å². The van der Waals surface area contributed by atoms with Gasteiger partial charge in [-0.3, -0.25) is 4.79 Å². The molecule has 1 unspecified atom stereocenters. The molecule has 5 nitrogen and oxygen atoms in total. The molecule has 1 saturated heterocycles. The van der Waals surface area contributed by atoms with Gasteiger partial charge in [0.25, 0.3) is 0 Å². The number of amides is 1. The Hall–Kier alpha value is -1.36. The van der Waals surface area contributed by atoms with Crippen molar-refractivity contribution < 1.29 is 9.32 Å². The van der Waals surface area contributed by atoms with Crippen molar-refractivity contribution in [3.63, 3.8) is 0 Å². The maximum atomic E-state index is 11.0. The average molecular weight is 209 g/mol. The minimum absolute atomic E-state index is 0.117. The number of aromatic nitrogens is 1. The highest BCUT2D eigenvalue weighted by atomic mass is 16.5. The first-order valence-corrected chi connectivity index (χ1v) is 5.08. The normalized spacial score (nSPS) is 20.7. The molecular formula is C10H15N3O2. The molecule has 2 rings (SSSR count). The van der Waals surface area contributed by atoms with Crippen LogP contribution in [0.15, 0.2) is 4.52 Å². The topological polar surface area (TPSA) is 67.2 Å². The number of nitrogens with zero attached hydrogens (tertiary/aromatic N) is 1. The molecule has 0 saturated carbocycles. The molecule has 1 aliphatic heterocycles. The van der Waals surface area contributed by atoms with E-state index in [-0.39, 0.29) is 11.9 Å². The van der Waals surface area contributed by atoms with Gasteiger partial charge in [-0.15, -0.1) is 0 Å². The fraction of sp³-hybridized carbons (Fsp3) is 0.600. The maximum Gasteiger partial charge on any atom is 0.221 e. The highest BCUT2D eigenvalue weighted by molar-refractivity contribution is 5.78. The van der Waals surface area contributed by atoms with E-state index >= 15 is 0 Å². The van der Waals surface area contributed by atoms with E-state index in [2.05, 4.69) is 15.8 Å². The van der Waals surface area contributed by atoms with E-state index in [1.165, 1.54) is 0 Å². The van der Waals surface area contributed by atoms with Crippen LogP contribution in [0.25, 0.3) is 0 Å². The zero-order valence-electron chi connectivity index (χ0n) is 8.96. The molecule has 0 aromatic carbocycles. The lowest BCUT2D eigenvalue weighted by Crippen LogP contribution is -2.30. The molecule has 0 radical (unpaired) electrons. The van der Waals surface area contributed by atoms with Crippen LogP contribution in [-0.2, 0) is 11.3 Å². The van der Waals surface area contributed by atoms with Crippen molar-refractivity contribution in [2.24, 2.45) is 0 Å². The number of rotatable bonds is 3. The van der Waals surface area contributed by atoms with Gasteiger partial charge in [0.2, 0.25) is 5.91 Å². The van der Waals surface area contributed by atoms with Gasteiger partial charge < -0.3 is 15.2 Å². The van der Waals surface area contributed by atoms with Gasteiger partial charge in [0.1, 0.15) is 5.76 Å². The zero-order valence-corrected chi connectivity index (χ0v) is 8.96. The van der Waals surface area contributed by atoms with Crippen molar-refractivity contribution in [2.45, 2.75) is 32.9 Å². The summed E-state index contributed by atoms with van der Waals surface area (Å²) in [6.45, 7) is 5.24. The molecule has 0 aliphatic carbocycles. The first-order chi connectivity index (χ1) is 7.16. The molecule has 82 valence electrons. The fourth-order valence-corrected chi connectivity index (χ4v) is 1.75. The molecule has 1 amide bonds. The fourth-order valence-electron chi connectivity index (χ4n) is 1.75. The summed E-state index contributed by atoms with van der Waals surface area (Å²) in [7, 11) is 0. The van der Waals surface area contributed by atoms with E-state index in [4.69, 9.17) is 4.52 Å². The van der Waals surface area contributed by atoms with Crippen LogP contribution in [0.3, 0.4) is 0 Å². The quantitative estimate of drug-likeness (QED) is 0.749. The Labute approximate surface area is 88.2 Å². The van der Waals surface area contributed by atoms with Crippen molar-refractivity contribution in [1.29, 1.82) is 0 Å². The van der Waals surface area contributed by atoms with E-state index in [9.17, 15) is 4.79 Å². The first-order valence-electron chi connectivity index (χ1n) is 5.08. The van der Waals surface area contributed by atoms with Crippen LogP contribution in [0.2, 0.25) is 0 Å². The van der Waals surface area contributed by atoms with Crippen LogP contribution in [0.4, 0.5) is 0 Å². The molecule has 0 bridgehead atoms. The number of hydrogen-bond acceptors (Lipinski definition) is 4. The summed E-state index contributed by atoms with van der Waals surface area (Å²) in [5.41, 5.74) is 2.01. The van der Waals surface area contributed by atoms with Crippen LogP contribution >= 0.6 is 0 Å². The van der Waals surface area contributed by atoms with E-state index in [0.717, 1.165) is 17.0 Å². The van der Waals surface area contributed by atoms with Crippen molar-refractivity contribution in [2.75, 3.05) is 6.54 Å². The molecule has 1 aliphatic rings. The average Bonchev–Trinajstić information content (AvgIpc) is 2.73. The molecule has 2 N–H and O–H groups in total. The molecule has 1 fully saturated rings. The molecule has 2 heterocycles. The minimum Gasteiger partial charge on any atom is -0.361 e. The Morgan fingerprint density at radius 2 is 2.40 bits per heavy atom. The summed E-state index contributed by atoms with van der Waals surface area (Å²) in [5, 5.41) is 9.98. The summed E-state index contributed by atoms with van der Waals surface area (Å²) in [6, 6.07) is 0.228. The highest BCUT2D eigenvalue weighted by Gasteiger charge is 2.21. The number of hydrogen-bond donors (Lipinski definition) is 2. The lowest BCUT2D eigenvalue weighted by molar-refractivity contribution is -0.119. The van der Waals surface area contributed by atoms with E-state index in [1.807, 2.05) is 13.8 Å². The van der Waals surface area contributed by atoms with Gasteiger partial charge in [-0.25, -0.2) is 0 Å². The van der Waals surface area contributed by atoms with Crippen molar-refractivity contribution in [3.8, 4) is 0 Å². The predicted octanol–water partition coefficient (Wildman–Crippen LogP) is 0.270. The van der Waals surface area contributed by atoms with Gasteiger partial charge in [-0.2, -0.15) is 0 Å². The van der Waals surface area contributed by atoms with Gasteiger partial charge in [0, 0.05) is 31.1 Å². The third-order valence-electron chi connectivity index (χ3n) is 2.73. The van der Waals surface area contributed by atoms with E-state index in [1.54, 1.807) is 0 Å². The molecule has 5 heteroatoms. The Morgan fingerprint density at radius 3 is 2.93 bits per heavy atom. The smallest absolute Gasteiger partial charge is 0.221 e. The summed E-state index contributed by atoms with van der Waals surface area (Å²) in [6.07, 6.45) is 0.559. The first kappa shape index (κ1) is 10.2. The third kappa shape index (κ3) is 2.18. The van der Waals surface area contributed by atoms with Gasteiger partial charge in [-0.1, -0.05) is 5.16 Å². The SMILES string of the molecule is Cc1noc(C)c1CNC1CNC(=O)C1. The molecule has 1 aromatic rings.